The van der Waals surface area contributed by atoms with Crippen molar-refractivity contribution in [3.8, 4) is 0 Å². The third-order valence-electron chi connectivity index (χ3n) is 1.93. The van der Waals surface area contributed by atoms with E-state index in [-0.39, 0.29) is 0 Å². The van der Waals surface area contributed by atoms with Crippen LogP contribution in [0.1, 0.15) is 12.8 Å². The predicted octanol–water partition coefficient (Wildman–Crippen LogP) is 0.682. The summed E-state index contributed by atoms with van der Waals surface area (Å²) in [5, 5.41) is 18.8. The first-order valence-electron chi connectivity index (χ1n) is 3.66. The van der Waals surface area contributed by atoms with Gasteiger partial charge in [0.2, 0.25) is 6.04 Å². The molecule has 2 unspecified atom stereocenters. The zero-order valence-corrected chi connectivity index (χ0v) is 6.34. The molecule has 2 atom stereocenters. The van der Waals surface area contributed by atoms with Gasteiger partial charge in [-0.3, -0.25) is 14.9 Å². The maximum Gasteiger partial charge on any atom is 0.310 e. The van der Waals surface area contributed by atoms with Gasteiger partial charge < -0.3 is 5.11 Å². The third kappa shape index (κ3) is 1.81. The lowest BCUT2D eigenvalue weighted by Gasteiger charge is -2.14. The second-order valence-electron chi connectivity index (χ2n) is 2.76. The van der Waals surface area contributed by atoms with Gasteiger partial charge >= 0.3 is 5.97 Å². The Balaban J connectivity index is 2.59. The molecule has 0 heterocycles. The summed E-state index contributed by atoms with van der Waals surface area (Å²) in [6.45, 7) is 0. The first-order valence-corrected chi connectivity index (χ1v) is 3.66. The molecule has 1 aliphatic carbocycles. The lowest BCUT2D eigenvalue weighted by atomic mass is 9.93. The molecule has 0 bridgehead atoms. The van der Waals surface area contributed by atoms with Gasteiger partial charge in [-0.15, -0.1) is 0 Å². The highest BCUT2D eigenvalue weighted by Crippen LogP contribution is 2.19. The molecule has 0 saturated carbocycles. The molecule has 0 radical (unpaired) electrons. The Kier molecular flexibility index (Phi) is 2.42. The van der Waals surface area contributed by atoms with Gasteiger partial charge in [0.25, 0.3) is 0 Å². The molecule has 1 aliphatic rings. The summed E-state index contributed by atoms with van der Waals surface area (Å²) in [7, 11) is 0. The van der Waals surface area contributed by atoms with Crippen LogP contribution in [0.15, 0.2) is 12.2 Å². The van der Waals surface area contributed by atoms with Crippen molar-refractivity contribution >= 4 is 5.97 Å². The zero-order valence-electron chi connectivity index (χ0n) is 6.34. The van der Waals surface area contributed by atoms with E-state index >= 15 is 0 Å². The summed E-state index contributed by atoms with van der Waals surface area (Å²) in [6, 6.07) is -0.694. The fourth-order valence-electron chi connectivity index (χ4n) is 1.19. The fraction of sp³-hybridized carbons (Fsp3) is 0.571. The van der Waals surface area contributed by atoms with E-state index in [1.165, 1.54) is 12.2 Å². The molecule has 0 fully saturated rings. The minimum absolute atomic E-state index is 0.320. The molecule has 1 N–H and O–H groups in total. The van der Waals surface area contributed by atoms with Crippen LogP contribution in [0, 0.1) is 16.0 Å². The number of hydrogen-bond acceptors (Lipinski definition) is 3. The smallest absolute Gasteiger partial charge is 0.310 e. The predicted molar refractivity (Wildman–Crippen MR) is 40.3 cm³/mol. The van der Waals surface area contributed by atoms with Gasteiger partial charge in [0.15, 0.2) is 0 Å². The summed E-state index contributed by atoms with van der Waals surface area (Å²) >= 11 is 0. The Labute approximate surface area is 68.8 Å². The molecule has 0 aromatic carbocycles. The van der Waals surface area contributed by atoms with Crippen LogP contribution in [0.3, 0.4) is 0 Å². The van der Waals surface area contributed by atoms with E-state index in [0.717, 1.165) is 0 Å². The molecular formula is C7H9NO4. The Hall–Kier alpha value is -1.39. The number of nitro groups is 1. The minimum atomic E-state index is -0.909. The molecule has 1 rings (SSSR count). The van der Waals surface area contributed by atoms with Crippen molar-refractivity contribution in [1.82, 2.24) is 0 Å². The van der Waals surface area contributed by atoms with Crippen LogP contribution in [0.25, 0.3) is 0 Å². The summed E-state index contributed by atoms with van der Waals surface area (Å²) in [5.41, 5.74) is 0. The van der Waals surface area contributed by atoms with E-state index in [9.17, 15) is 14.9 Å². The Bertz CT molecular complexity index is 212. The number of carboxylic acid groups (broad SMARTS) is 1. The Morgan fingerprint density at radius 1 is 1.50 bits per heavy atom. The van der Waals surface area contributed by atoms with E-state index in [0.29, 0.717) is 12.8 Å². The lowest BCUT2D eigenvalue weighted by molar-refractivity contribution is -0.511. The molecule has 0 spiro atoms. The maximum absolute atomic E-state index is 10.4. The average Bonchev–Trinajstić information content (AvgIpc) is 2.04. The van der Waals surface area contributed by atoms with Crippen molar-refractivity contribution in [3.63, 3.8) is 0 Å². The van der Waals surface area contributed by atoms with Gasteiger partial charge in [0.05, 0.1) is 5.92 Å². The summed E-state index contributed by atoms with van der Waals surface area (Å²) in [4.78, 5) is 20.3. The van der Waals surface area contributed by atoms with Crippen molar-refractivity contribution in [2.24, 2.45) is 5.92 Å². The molecule has 5 nitrogen and oxygen atoms in total. The Morgan fingerprint density at radius 2 is 2.17 bits per heavy atom. The largest absolute Gasteiger partial charge is 0.481 e. The number of carbonyl (C=O) groups is 1. The molecule has 0 aromatic rings. The van der Waals surface area contributed by atoms with Crippen LogP contribution < -0.4 is 0 Å². The first-order chi connectivity index (χ1) is 5.61. The van der Waals surface area contributed by atoms with E-state index in [1.54, 1.807) is 0 Å². The number of carboxylic acids is 1. The molecule has 0 amide bonds. The normalized spacial score (nSPS) is 28.3. The second kappa shape index (κ2) is 3.34. The van der Waals surface area contributed by atoms with Gasteiger partial charge in [0, 0.05) is 11.3 Å². The highest BCUT2D eigenvalue weighted by Gasteiger charge is 2.26. The minimum Gasteiger partial charge on any atom is -0.481 e. The average molecular weight is 171 g/mol. The Morgan fingerprint density at radius 3 is 2.50 bits per heavy atom. The molecular weight excluding hydrogens is 162 g/mol. The van der Waals surface area contributed by atoms with Gasteiger partial charge in [-0.1, -0.05) is 6.08 Å². The van der Waals surface area contributed by atoms with Crippen molar-refractivity contribution in [3.05, 3.63) is 22.3 Å². The van der Waals surface area contributed by atoms with Gasteiger partial charge in [0.1, 0.15) is 0 Å². The van der Waals surface area contributed by atoms with E-state index in [2.05, 4.69) is 0 Å². The summed E-state index contributed by atoms with van der Waals surface area (Å²) < 4.78 is 0. The quantitative estimate of drug-likeness (QED) is 0.376. The lowest BCUT2D eigenvalue weighted by Crippen LogP contribution is -2.24. The molecule has 0 saturated heterocycles. The van der Waals surface area contributed by atoms with Crippen molar-refractivity contribution in [2.45, 2.75) is 18.9 Å². The zero-order chi connectivity index (χ0) is 9.14. The van der Waals surface area contributed by atoms with Crippen LogP contribution >= 0.6 is 0 Å². The van der Waals surface area contributed by atoms with Gasteiger partial charge in [-0.25, -0.2) is 0 Å². The maximum atomic E-state index is 10.4. The van der Waals surface area contributed by atoms with Crippen LogP contribution in [-0.2, 0) is 4.79 Å². The molecule has 12 heavy (non-hydrogen) atoms. The van der Waals surface area contributed by atoms with Crippen LogP contribution in [0.5, 0.6) is 0 Å². The highest BCUT2D eigenvalue weighted by atomic mass is 16.6. The molecule has 0 aromatic heterocycles. The SMILES string of the molecule is O=C(O)C1C=CC([N+](=O)[O-])CC1. The van der Waals surface area contributed by atoms with Crippen molar-refractivity contribution in [2.75, 3.05) is 0 Å². The topological polar surface area (TPSA) is 80.4 Å². The van der Waals surface area contributed by atoms with Crippen molar-refractivity contribution < 1.29 is 14.8 Å². The fourth-order valence-corrected chi connectivity index (χ4v) is 1.19. The third-order valence-corrected chi connectivity index (χ3v) is 1.93. The summed E-state index contributed by atoms with van der Waals surface area (Å²) in [5.74, 6) is -1.45. The van der Waals surface area contributed by atoms with E-state index in [4.69, 9.17) is 5.11 Å². The highest BCUT2D eigenvalue weighted by molar-refractivity contribution is 5.72. The van der Waals surface area contributed by atoms with E-state index < -0.39 is 22.9 Å². The second-order valence-corrected chi connectivity index (χ2v) is 2.76. The molecule has 66 valence electrons. The van der Waals surface area contributed by atoms with Crippen molar-refractivity contribution in [1.29, 1.82) is 0 Å². The van der Waals surface area contributed by atoms with Crippen LogP contribution in [0.4, 0.5) is 0 Å². The molecule has 5 heteroatoms. The summed E-state index contributed by atoms with van der Waals surface area (Å²) in [6.07, 6.45) is 3.44. The molecule has 0 aliphatic heterocycles. The number of hydrogen-bond donors (Lipinski definition) is 1. The number of nitrogens with zero attached hydrogens (tertiary/aromatic N) is 1. The monoisotopic (exact) mass is 171 g/mol. The van der Waals surface area contributed by atoms with E-state index in [1.807, 2.05) is 0 Å². The van der Waals surface area contributed by atoms with Gasteiger partial charge in [-0.05, 0) is 12.5 Å². The number of aliphatic carboxylic acids is 1. The van der Waals surface area contributed by atoms with Gasteiger partial charge in [-0.2, -0.15) is 0 Å². The first kappa shape index (κ1) is 8.70. The van der Waals surface area contributed by atoms with Crippen LogP contribution in [-0.4, -0.2) is 22.0 Å². The standard InChI is InChI=1S/C7H9NO4/c9-7(10)5-1-3-6(4-2-5)8(11)12/h1,3,5-6H,2,4H2,(H,9,10). The number of rotatable bonds is 2. The van der Waals surface area contributed by atoms with Crippen LogP contribution in [0.2, 0.25) is 0 Å².